The predicted octanol–water partition coefficient (Wildman–Crippen LogP) is 4.84. The van der Waals surface area contributed by atoms with Crippen molar-refractivity contribution in [3.63, 3.8) is 0 Å². The summed E-state index contributed by atoms with van der Waals surface area (Å²) in [5, 5.41) is 3.15. The molecule has 3 aromatic rings. The molecule has 6 heteroatoms. The van der Waals surface area contributed by atoms with Crippen molar-refractivity contribution in [1.82, 2.24) is 5.32 Å². The number of hydrogen-bond acceptors (Lipinski definition) is 4. The molecule has 1 unspecified atom stereocenters. The van der Waals surface area contributed by atoms with Gasteiger partial charge >= 0.3 is 6.09 Å². The van der Waals surface area contributed by atoms with E-state index in [2.05, 4.69) is 5.32 Å². The second-order valence-electron chi connectivity index (χ2n) is 7.49. The Kier molecular flexibility index (Phi) is 5.42. The lowest BCUT2D eigenvalue weighted by Gasteiger charge is -2.24. The normalized spacial score (nSPS) is 13.1. The fourth-order valence-electron chi connectivity index (χ4n) is 2.87. The number of nitrogens with one attached hydrogen (secondary N) is 1. The van der Waals surface area contributed by atoms with Crippen molar-refractivity contribution in [3.05, 3.63) is 78.4 Å². The maximum atomic E-state index is 13.3. The number of sulfone groups is 1. The Bertz CT molecular complexity index is 1090. The first-order chi connectivity index (χ1) is 13.2. The van der Waals surface area contributed by atoms with E-state index in [-0.39, 0.29) is 4.90 Å². The second-order valence-corrected chi connectivity index (χ2v) is 9.52. The first-order valence-corrected chi connectivity index (χ1v) is 10.5. The zero-order valence-electron chi connectivity index (χ0n) is 16.0. The van der Waals surface area contributed by atoms with E-state index >= 15 is 0 Å². The van der Waals surface area contributed by atoms with Gasteiger partial charge in [0, 0.05) is 0 Å². The van der Waals surface area contributed by atoms with Crippen LogP contribution in [0.2, 0.25) is 0 Å². The van der Waals surface area contributed by atoms with Crippen LogP contribution in [0.25, 0.3) is 10.8 Å². The van der Waals surface area contributed by atoms with Crippen molar-refractivity contribution in [2.24, 2.45) is 0 Å². The molecule has 0 saturated heterocycles. The van der Waals surface area contributed by atoms with Gasteiger partial charge in [-0.05, 0) is 55.3 Å². The summed E-state index contributed by atoms with van der Waals surface area (Å²) in [6.07, 6.45) is -0.787. The quantitative estimate of drug-likeness (QED) is 0.684. The van der Waals surface area contributed by atoms with Gasteiger partial charge in [0.25, 0.3) is 0 Å². The molecular weight excluding hydrogens is 374 g/mol. The van der Waals surface area contributed by atoms with Gasteiger partial charge in [-0.15, -0.1) is 0 Å². The molecule has 1 atom stereocenters. The number of rotatable bonds is 4. The van der Waals surface area contributed by atoms with Crippen LogP contribution in [-0.4, -0.2) is 20.1 Å². The van der Waals surface area contributed by atoms with Gasteiger partial charge in [0.1, 0.15) is 5.60 Å². The van der Waals surface area contributed by atoms with Gasteiger partial charge in [-0.2, -0.15) is 0 Å². The third-order valence-corrected chi connectivity index (χ3v) is 6.05. The number of benzene rings is 3. The highest BCUT2D eigenvalue weighted by atomic mass is 32.2. The highest BCUT2D eigenvalue weighted by Crippen LogP contribution is 2.29. The summed E-state index contributed by atoms with van der Waals surface area (Å²) in [6, 6.07) is 21.0. The minimum atomic E-state index is -3.89. The Morgan fingerprint density at radius 3 is 2.14 bits per heavy atom. The average Bonchev–Trinajstić information content (AvgIpc) is 2.65. The van der Waals surface area contributed by atoms with Gasteiger partial charge < -0.3 is 10.1 Å². The lowest BCUT2D eigenvalue weighted by molar-refractivity contribution is 0.0519. The monoisotopic (exact) mass is 397 g/mol. The van der Waals surface area contributed by atoms with Crippen molar-refractivity contribution in [3.8, 4) is 0 Å². The summed E-state index contributed by atoms with van der Waals surface area (Å²) in [5.74, 6) is 0. The minimum Gasteiger partial charge on any atom is -0.444 e. The molecule has 3 aromatic carbocycles. The molecule has 0 spiro atoms. The van der Waals surface area contributed by atoms with Crippen LogP contribution in [0.4, 0.5) is 4.79 Å². The summed E-state index contributed by atoms with van der Waals surface area (Å²) >= 11 is 0. The Morgan fingerprint density at radius 1 is 0.893 bits per heavy atom. The highest BCUT2D eigenvalue weighted by molar-refractivity contribution is 7.91. The smallest absolute Gasteiger partial charge is 0.408 e. The van der Waals surface area contributed by atoms with Crippen LogP contribution >= 0.6 is 0 Å². The van der Waals surface area contributed by atoms with Gasteiger partial charge in [-0.3, -0.25) is 0 Å². The van der Waals surface area contributed by atoms with Crippen molar-refractivity contribution >= 4 is 26.7 Å². The van der Waals surface area contributed by atoms with Crippen molar-refractivity contribution < 1.29 is 17.9 Å². The van der Waals surface area contributed by atoms with Crippen LogP contribution in [-0.2, 0) is 14.6 Å². The summed E-state index contributed by atoms with van der Waals surface area (Å²) in [5.41, 5.74) is -0.275. The molecule has 28 heavy (non-hydrogen) atoms. The highest BCUT2D eigenvalue weighted by Gasteiger charge is 2.32. The average molecular weight is 397 g/mol. The van der Waals surface area contributed by atoms with Crippen LogP contribution in [0.3, 0.4) is 0 Å². The molecule has 0 saturated carbocycles. The van der Waals surface area contributed by atoms with Crippen LogP contribution < -0.4 is 5.32 Å². The fraction of sp³-hybridized carbons (Fsp3) is 0.227. The molecule has 146 valence electrons. The SMILES string of the molecule is CC(C)(C)OC(=O)NC(c1ccc2ccccc2c1)S(=O)(=O)c1ccccc1. The lowest BCUT2D eigenvalue weighted by atomic mass is 10.1. The van der Waals surface area contributed by atoms with E-state index in [0.29, 0.717) is 5.56 Å². The fourth-order valence-corrected chi connectivity index (χ4v) is 4.44. The summed E-state index contributed by atoms with van der Waals surface area (Å²) < 4.78 is 31.9. The van der Waals surface area contributed by atoms with E-state index in [9.17, 15) is 13.2 Å². The number of carbonyl (C=O) groups excluding carboxylic acids is 1. The maximum Gasteiger partial charge on any atom is 0.408 e. The molecular formula is C22H23NO4S. The second kappa shape index (κ2) is 7.64. The Hall–Kier alpha value is -2.86. The van der Waals surface area contributed by atoms with Gasteiger partial charge in [0.05, 0.1) is 4.90 Å². The standard InChI is InChI=1S/C22H23NO4S/c1-22(2,3)27-21(24)23-20(28(25,26)19-11-5-4-6-12-19)18-14-13-16-9-7-8-10-17(16)15-18/h4-15,20H,1-3H3,(H,23,24). The van der Waals surface area contributed by atoms with E-state index in [1.165, 1.54) is 12.1 Å². The number of alkyl carbamates (subject to hydrolysis) is 1. The summed E-state index contributed by atoms with van der Waals surface area (Å²) in [6.45, 7) is 5.18. The first kappa shape index (κ1) is 19.9. The van der Waals surface area contributed by atoms with Crippen LogP contribution in [0, 0.1) is 0 Å². The van der Waals surface area contributed by atoms with E-state index in [1.807, 2.05) is 30.3 Å². The molecule has 5 nitrogen and oxygen atoms in total. The van der Waals surface area contributed by atoms with Gasteiger partial charge in [0.15, 0.2) is 5.37 Å². The molecule has 0 aliphatic heterocycles. The van der Waals surface area contributed by atoms with Crippen LogP contribution in [0.1, 0.15) is 31.7 Å². The molecule has 0 heterocycles. The third-order valence-electron chi connectivity index (χ3n) is 4.11. The molecule has 3 rings (SSSR count). The molecule has 1 N–H and O–H groups in total. The van der Waals surface area contributed by atoms with Gasteiger partial charge in [-0.25, -0.2) is 13.2 Å². The van der Waals surface area contributed by atoms with E-state index in [4.69, 9.17) is 4.74 Å². The molecule has 1 amide bonds. The molecule has 0 radical (unpaired) electrons. The number of carbonyl (C=O) groups is 1. The molecule has 0 aliphatic rings. The van der Waals surface area contributed by atoms with E-state index < -0.39 is 26.9 Å². The number of hydrogen-bond donors (Lipinski definition) is 1. The third kappa shape index (κ3) is 4.51. The molecule has 0 bridgehead atoms. The van der Waals surface area contributed by atoms with Crippen LogP contribution in [0.5, 0.6) is 0 Å². The molecule has 0 fully saturated rings. The zero-order chi connectivity index (χ0) is 20.4. The van der Waals surface area contributed by atoms with Crippen molar-refractivity contribution in [2.75, 3.05) is 0 Å². The maximum absolute atomic E-state index is 13.3. The largest absolute Gasteiger partial charge is 0.444 e. The Morgan fingerprint density at radius 2 is 1.50 bits per heavy atom. The molecule has 0 aromatic heterocycles. The predicted molar refractivity (Wildman–Crippen MR) is 110 cm³/mol. The van der Waals surface area contributed by atoms with Crippen molar-refractivity contribution in [2.45, 2.75) is 36.6 Å². The van der Waals surface area contributed by atoms with E-state index in [0.717, 1.165) is 10.8 Å². The lowest BCUT2D eigenvalue weighted by Crippen LogP contribution is -2.38. The zero-order valence-corrected chi connectivity index (χ0v) is 16.9. The number of ether oxygens (including phenoxy) is 1. The van der Waals surface area contributed by atoms with Crippen LogP contribution in [0.15, 0.2) is 77.7 Å². The van der Waals surface area contributed by atoms with Gasteiger partial charge in [0.2, 0.25) is 9.84 Å². The first-order valence-electron chi connectivity index (χ1n) is 8.94. The number of fused-ring (bicyclic) bond motifs is 1. The van der Waals surface area contributed by atoms with E-state index in [1.54, 1.807) is 51.1 Å². The minimum absolute atomic E-state index is 0.129. The van der Waals surface area contributed by atoms with Crippen molar-refractivity contribution in [1.29, 1.82) is 0 Å². The Labute approximate surface area is 165 Å². The molecule has 0 aliphatic carbocycles. The summed E-state index contributed by atoms with van der Waals surface area (Å²) in [7, 11) is -3.89. The van der Waals surface area contributed by atoms with Gasteiger partial charge in [-0.1, -0.05) is 54.6 Å². The summed E-state index contributed by atoms with van der Waals surface area (Å²) in [4.78, 5) is 12.5. The Balaban J connectivity index is 2.06. The number of amides is 1. The topological polar surface area (TPSA) is 72.5 Å².